The normalized spacial score (nSPS) is 21.5. The first-order valence-electron chi connectivity index (χ1n) is 8.97. The molecular formula is C18H24Cl2N3O2S+. The predicted octanol–water partition coefficient (Wildman–Crippen LogP) is 1.70. The van der Waals surface area contributed by atoms with E-state index in [1.165, 1.54) is 4.90 Å². The van der Waals surface area contributed by atoms with Gasteiger partial charge in [0, 0.05) is 6.42 Å². The number of quaternary nitrogens is 1. The Balaban J connectivity index is 1.57. The lowest BCUT2D eigenvalue weighted by Gasteiger charge is -2.33. The maximum Gasteiger partial charge on any atom is 0.234 e. The Morgan fingerprint density at radius 3 is 2.65 bits per heavy atom. The lowest BCUT2D eigenvalue weighted by atomic mass is 10.2. The van der Waals surface area contributed by atoms with Crippen LogP contribution in [0.2, 0.25) is 10.0 Å². The third kappa shape index (κ3) is 4.47. The highest BCUT2D eigenvalue weighted by atomic mass is 35.5. The van der Waals surface area contributed by atoms with Crippen LogP contribution < -0.4 is 4.90 Å². The number of carbonyl (C=O) groups excluding carboxylic acids is 2. The van der Waals surface area contributed by atoms with E-state index in [4.69, 9.17) is 23.2 Å². The molecule has 0 radical (unpaired) electrons. The zero-order valence-electron chi connectivity index (χ0n) is 14.8. The minimum atomic E-state index is -0.000347. The van der Waals surface area contributed by atoms with Gasteiger partial charge in [-0.3, -0.25) is 9.59 Å². The first-order valence-corrected chi connectivity index (χ1v) is 10.8. The van der Waals surface area contributed by atoms with Crippen molar-refractivity contribution in [3.05, 3.63) is 33.8 Å². The Bertz CT molecular complexity index is 680. The van der Waals surface area contributed by atoms with E-state index in [1.807, 2.05) is 28.9 Å². The molecule has 5 nitrogen and oxygen atoms in total. The van der Waals surface area contributed by atoms with Crippen LogP contribution in [0.4, 0.5) is 0 Å². The van der Waals surface area contributed by atoms with Gasteiger partial charge in [0.25, 0.3) is 0 Å². The number of thioether (sulfide) groups is 1. The average Bonchev–Trinajstić information content (AvgIpc) is 3.02. The van der Waals surface area contributed by atoms with Crippen molar-refractivity contribution < 1.29 is 14.5 Å². The summed E-state index contributed by atoms with van der Waals surface area (Å²) in [5.41, 5.74) is 1.02. The van der Waals surface area contributed by atoms with Gasteiger partial charge in [-0.05, 0) is 17.7 Å². The van der Waals surface area contributed by atoms with Crippen LogP contribution >= 0.6 is 35.0 Å². The van der Waals surface area contributed by atoms with Gasteiger partial charge in [-0.2, -0.15) is 0 Å². The topological polar surface area (TPSA) is 45.1 Å². The number of hydrogen-bond donors (Lipinski definition) is 1. The zero-order chi connectivity index (χ0) is 18.7. The van der Waals surface area contributed by atoms with E-state index < -0.39 is 0 Å². The third-order valence-corrected chi connectivity index (χ3v) is 7.02. The number of nitrogens with zero attached hydrogens (tertiary/aromatic N) is 2. The Hall–Kier alpha value is -0.950. The summed E-state index contributed by atoms with van der Waals surface area (Å²) in [5, 5.41) is 1.05. The molecule has 142 valence electrons. The van der Waals surface area contributed by atoms with Crippen molar-refractivity contribution in [2.75, 3.05) is 45.0 Å². The lowest BCUT2D eigenvalue weighted by Crippen LogP contribution is -3.15. The lowest BCUT2D eigenvalue weighted by molar-refractivity contribution is -0.903. The molecule has 2 amide bonds. The molecule has 1 N–H and O–H groups in total. The van der Waals surface area contributed by atoms with Crippen molar-refractivity contribution in [3.63, 3.8) is 0 Å². The van der Waals surface area contributed by atoms with Crippen molar-refractivity contribution in [2.45, 2.75) is 18.7 Å². The summed E-state index contributed by atoms with van der Waals surface area (Å²) in [6, 6.07) is 5.59. The Labute approximate surface area is 168 Å². The SMILES string of the molecule is CCC(=O)N1CC[NH+](CCN2C(=O)CS[C@@H]2c2ccc(Cl)c(Cl)c2)CC1. The van der Waals surface area contributed by atoms with Gasteiger partial charge in [0.15, 0.2) is 0 Å². The van der Waals surface area contributed by atoms with E-state index in [-0.39, 0.29) is 17.2 Å². The summed E-state index contributed by atoms with van der Waals surface area (Å²) in [4.78, 5) is 29.5. The summed E-state index contributed by atoms with van der Waals surface area (Å²) in [6.45, 7) is 7.02. The van der Waals surface area contributed by atoms with Gasteiger partial charge >= 0.3 is 0 Å². The highest BCUT2D eigenvalue weighted by molar-refractivity contribution is 8.00. The van der Waals surface area contributed by atoms with Crippen LogP contribution in [0.1, 0.15) is 24.3 Å². The number of carbonyl (C=O) groups is 2. The molecule has 0 unspecified atom stereocenters. The molecule has 1 aromatic rings. The molecular weight excluding hydrogens is 393 g/mol. The van der Waals surface area contributed by atoms with Gasteiger partial charge < -0.3 is 14.7 Å². The molecule has 2 saturated heterocycles. The fourth-order valence-corrected chi connectivity index (χ4v) is 4.98. The van der Waals surface area contributed by atoms with Gasteiger partial charge in [-0.15, -0.1) is 11.8 Å². The second-order valence-electron chi connectivity index (χ2n) is 6.66. The van der Waals surface area contributed by atoms with E-state index in [2.05, 4.69) is 0 Å². The highest BCUT2D eigenvalue weighted by Crippen LogP contribution is 2.39. The second-order valence-corrected chi connectivity index (χ2v) is 8.54. The summed E-state index contributed by atoms with van der Waals surface area (Å²) < 4.78 is 0. The minimum Gasteiger partial charge on any atom is -0.331 e. The average molecular weight is 417 g/mol. The monoisotopic (exact) mass is 416 g/mol. The molecule has 26 heavy (non-hydrogen) atoms. The molecule has 1 aromatic carbocycles. The molecule has 0 spiro atoms. The number of nitrogens with one attached hydrogen (secondary N) is 1. The van der Waals surface area contributed by atoms with E-state index >= 15 is 0 Å². The fraction of sp³-hybridized carbons (Fsp3) is 0.556. The van der Waals surface area contributed by atoms with Gasteiger partial charge in [0.2, 0.25) is 11.8 Å². The van der Waals surface area contributed by atoms with Crippen molar-refractivity contribution in [2.24, 2.45) is 0 Å². The first kappa shape index (κ1) is 19.8. The number of rotatable bonds is 5. The minimum absolute atomic E-state index is 0.000347. The van der Waals surface area contributed by atoms with E-state index in [0.717, 1.165) is 38.3 Å². The van der Waals surface area contributed by atoms with Gasteiger partial charge in [0.05, 0.1) is 55.1 Å². The molecule has 8 heteroatoms. The van der Waals surface area contributed by atoms with Crippen LogP contribution in [0.3, 0.4) is 0 Å². The van der Waals surface area contributed by atoms with Crippen molar-refractivity contribution in [1.29, 1.82) is 0 Å². The Morgan fingerprint density at radius 1 is 1.27 bits per heavy atom. The number of benzene rings is 1. The maximum atomic E-state index is 12.3. The van der Waals surface area contributed by atoms with Gasteiger partial charge in [-0.25, -0.2) is 0 Å². The fourth-order valence-electron chi connectivity index (χ4n) is 3.46. The Morgan fingerprint density at radius 2 is 2.00 bits per heavy atom. The van der Waals surface area contributed by atoms with Crippen LogP contribution in [0, 0.1) is 0 Å². The number of halogens is 2. The van der Waals surface area contributed by atoms with Crippen LogP contribution in [-0.4, -0.2) is 66.6 Å². The van der Waals surface area contributed by atoms with Crippen LogP contribution in [0.25, 0.3) is 0 Å². The quantitative estimate of drug-likeness (QED) is 0.794. The third-order valence-electron chi connectivity index (χ3n) is 5.03. The molecule has 0 bridgehead atoms. The molecule has 3 rings (SSSR count). The number of piperazine rings is 1. The summed E-state index contributed by atoms with van der Waals surface area (Å²) in [7, 11) is 0. The molecule has 0 aromatic heterocycles. The van der Waals surface area contributed by atoms with Crippen molar-refractivity contribution >= 4 is 46.8 Å². The highest BCUT2D eigenvalue weighted by Gasteiger charge is 2.34. The van der Waals surface area contributed by atoms with Crippen molar-refractivity contribution in [1.82, 2.24) is 9.80 Å². The summed E-state index contributed by atoms with van der Waals surface area (Å²) in [6.07, 6.45) is 0.570. The molecule has 2 aliphatic heterocycles. The summed E-state index contributed by atoms with van der Waals surface area (Å²) in [5.74, 6) is 0.902. The smallest absolute Gasteiger partial charge is 0.234 e. The molecule has 2 heterocycles. The predicted molar refractivity (Wildman–Crippen MR) is 106 cm³/mol. The standard InChI is InChI=1S/C18H23Cl2N3O2S/c1-2-16(24)22-8-5-21(6-9-22)7-10-23-17(25)12-26-18(23)13-3-4-14(19)15(20)11-13/h3-4,11,18H,2,5-10,12H2,1H3/p+1/t18-/m1/s1. The van der Waals surface area contributed by atoms with E-state index in [0.29, 0.717) is 28.8 Å². The largest absolute Gasteiger partial charge is 0.331 e. The zero-order valence-corrected chi connectivity index (χ0v) is 17.2. The number of amides is 2. The summed E-state index contributed by atoms with van der Waals surface area (Å²) >= 11 is 13.8. The molecule has 0 aliphatic carbocycles. The van der Waals surface area contributed by atoms with Crippen molar-refractivity contribution in [3.8, 4) is 0 Å². The van der Waals surface area contributed by atoms with Gasteiger partial charge in [0.1, 0.15) is 5.37 Å². The van der Waals surface area contributed by atoms with E-state index in [1.54, 1.807) is 17.8 Å². The number of hydrogen-bond acceptors (Lipinski definition) is 3. The molecule has 0 saturated carbocycles. The molecule has 2 aliphatic rings. The van der Waals surface area contributed by atoms with Gasteiger partial charge in [-0.1, -0.05) is 36.2 Å². The van der Waals surface area contributed by atoms with Crippen LogP contribution in [0.5, 0.6) is 0 Å². The Kier molecular flexibility index (Phi) is 6.72. The maximum absolute atomic E-state index is 12.3. The molecule has 2 fully saturated rings. The molecule has 1 atom stereocenters. The van der Waals surface area contributed by atoms with E-state index in [9.17, 15) is 9.59 Å². The first-order chi connectivity index (χ1) is 12.5. The van der Waals surface area contributed by atoms with Crippen LogP contribution in [0.15, 0.2) is 18.2 Å². The second kappa shape index (κ2) is 8.83. The van der Waals surface area contributed by atoms with Crippen LogP contribution in [-0.2, 0) is 9.59 Å².